The summed E-state index contributed by atoms with van der Waals surface area (Å²) in [4.78, 5) is 11.4. The van der Waals surface area contributed by atoms with E-state index in [4.69, 9.17) is 17.0 Å². The van der Waals surface area contributed by atoms with Crippen molar-refractivity contribution in [2.45, 2.75) is 18.1 Å². The predicted octanol–water partition coefficient (Wildman–Crippen LogP) is 2.47. The van der Waals surface area contributed by atoms with Crippen molar-refractivity contribution in [1.82, 2.24) is 19.7 Å². The highest BCUT2D eigenvalue weighted by molar-refractivity contribution is 7.90. The van der Waals surface area contributed by atoms with Gasteiger partial charge in [-0.25, -0.2) is 27.6 Å². The lowest BCUT2D eigenvalue weighted by Crippen LogP contribution is -2.31. The minimum atomic E-state index is -3.25. The summed E-state index contributed by atoms with van der Waals surface area (Å²) in [6, 6.07) is 5.10. The first kappa shape index (κ1) is 21.4. The molecule has 0 amide bonds. The molecule has 31 heavy (non-hydrogen) atoms. The van der Waals surface area contributed by atoms with Crippen LogP contribution in [-0.2, 0) is 10.0 Å². The van der Waals surface area contributed by atoms with Crippen LogP contribution in [0, 0.1) is 11.2 Å². The van der Waals surface area contributed by atoms with E-state index in [0.717, 1.165) is 6.07 Å². The lowest BCUT2D eigenvalue weighted by Gasteiger charge is -2.18. The van der Waals surface area contributed by atoms with E-state index >= 15 is 0 Å². The molecule has 2 heterocycles. The zero-order chi connectivity index (χ0) is 22.2. The number of imidazole rings is 1. The third-order valence-electron chi connectivity index (χ3n) is 4.69. The Balaban J connectivity index is 1.47. The molecule has 4 rings (SSSR count). The maximum Gasteiger partial charge on any atom is 0.214 e. The molecule has 1 saturated carbocycles. The van der Waals surface area contributed by atoms with Gasteiger partial charge < -0.3 is 10.3 Å². The molecular weight excluding hydrogens is 449 g/mol. The molecule has 3 aromatic rings. The van der Waals surface area contributed by atoms with E-state index in [1.54, 1.807) is 0 Å². The average Bonchev–Trinajstić information content (AvgIpc) is 3.52. The number of pyridine rings is 1. The zero-order valence-corrected chi connectivity index (χ0v) is 17.6. The van der Waals surface area contributed by atoms with Crippen LogP contribution in [0.15, 0.2) is 30.5 Å². The Bertz CT molecular complexity index is 1250. The number of anilines is 2. The molecule has 1 aliphatic carbocycles. The van der Waals surface area contributed by atoms with E-state index < -0.39 is 15.8 Å². The maximum atomic E-state index is 13.4. The molecule has 0 aliphatic heterocycles. The Morgan fingerprint density at radius 3 is 2.84 bits per heavy atom. The lowest BCUT2D eigenvalue weighted by molar-refractivity contribution is 0.312. The topological polar surface area (TPSA) is 147 Å². The summed E-state index contributed by atoms with van der Waals surface area (Å²) >= 11 is 5.76. The smallest absolute Gasteiger partial charge is 0.214 e. The van der Waals surface area contributed by atoms with Crippen LogP contribution in [0.25, 0.3) is 11.2 Å². The van der Waals surface area contributed by atoms with Gasteiger partial charge in [0.2, 0.25) is 16.0 Å². The first-order chi connectivity index (χ1) is 14.8. The van der Waals surface area contributed by atoms with Crippen LogP contribution in [0.3, 0.4) is 0 Å². The molecule has 5 N–H and O–H groups in total. The summed E-state index contributed by atoms with van der Waals surface area (Å²) in [5, 5.41) is 21.8. The van der Waals surface area contributed by atoms with Gasteiger partial charge in [0.15, 0.2) is 11.5 Å². The number of rotatable bonds is 8. The van der Waals surface area contributed by atoms with Gasteiger partial charge >= 0.3 is 0 Å². The third-order valence-corrected chi connectivity index (χ3v) is 6.94. The van der Waals surface area contributed by atoms with Crippen LogP contribution < -0.4 is 15.1 Å². The van der Waals surface area contributed by atoms with Gasteiger partial charge in [-0.3, -0.25) is 10.6 Å². The second-order valence-corrected chi connectivity index (χ2v) is 9.42. The summed E-state index contributed by atoms with van der Waals surface area (Å²) in [7, 11) is -3.25. The Morgan fingerprint density at radius 2 is 2.13 bits per heavy atom. The number of benzene rings is 1. The van der Waals surface area contributed by atoms with E-state index in [1.807, 2.05) is 0 Å². The number of aromatic nitrogens is 3. The lowest BCUT2D eigenvalue weighted by atomic mass is 10.2. The SMILES string of the molecule is N=C(c1ccnc2nc(NCCNS(=O)(=O)C3CC3)[nH]c12)N(O)c1ccc(F)c(Cl)c1. The molecule has 0 saturated heterocycles. The molecule has 10 nitrogen and oxygen atoms in total. The summed E-state index contributed by atoms with van der Waals surface area (Å²) in [6.07, 6.45) is 2.82. The van der Waals surface area contributed by atoms with E-state index in [2.05, 4.69) is 25.0 Å². The molecule has 13 heteroatoms. The molecule has 0 unspecified atom stereocenters. The molecule has 0 atom stereocenters. The quantitative estimate of drug-likeness (QED) is 0.148. The summed E-state index contributed by atoms with van der Waals surface area (Å²) in [5.41, 5.74) is 1.10. The minimum absolute atomic E-state index is 0.113. The first-order valence-corrected chi connectivity index (χ1v) is 11.3. The highest BCUT2D eigenvalue weighted by Gasteiger charge is 2.35. The number of aromatic amines is 1. The van der Waals surface area contributed by atoms with Gasteiger partial charge in [0.1, 0.15) is 5.82 Å². The molecule has 1 aliphatic rings. The monoisotopic (exact) mass is 467 g/mol. The van der Waals surface area contributed by atoms with Crippen molar-refractivity contribution < 1.29 is 18.0 Å². The zero-order valence-electron chi connectivity index (χ0n) is 16.1. The van der Waals surface area contributed by atoms with Crippen molar-refractivity contribution in [3.05, 3.63) is 46.9 Å². The van der Waals surface area contributed by atoms with E-state index in [1.165, 1.54) is 24.4 Å². The summed E-state index contributed by atoms with van der Waals surface area (Å²) in [6.45, 7) is 0.487. The summed E-state index contributed by atoms with van der Waals surface area (Å²) < 4.78 is 39.6. The molecular formula is C18H19ClFN7O3S. The third kappa shape index (κ3) is 4.61. The van der Waals surface area contributed by atoms with Crippen LogP contribution in [0.1, 0.15) is 18.4 Å². The van der Waals surface area contributed by atoms with Gasteiger partial charge in [0, 0.05) is 24.8 Å². The van der Waals surface area contributed by atoms with Crippen LogP contribution in [-0.4, -0.2) is 52.8 Å². The summed E-state index contributed by atoms with van der Waals surface area (Å²) in [5.74, 6) is -0.606. The van der Waals surface area contributed by atoms with Crippen molar-refractivity contribution >= 4 is 50.3 Å². The van der Waals surface area contributed by atoms with Crippen molar-refractivity contribution in [3.63, 3.8) is 0 Å². The van der Waals surface area contributed by atoms with Gasteiger partial charge in [0.05, 0.1) is 21.5 Å². The average molecular weight is 468 g/mol. The molecule has 164 valence electrons. The standard InChI is InChI=1S/C18H19ClFN7O3S/c19-13-9-10(1-4-14(13)20)27(28)16(21)12-5-6-22-17-15(12)25-18(26-17)23-7-8-24-31(29,30)11-2-3-11/h1,4-6,9,11,21,24,28H,2-3,7-8H2,(H2,22,23,25,26). The number of hydrogen-bond acceptors (Lipinski definition) is 7. The molecule has 0 spiro atoms. The van der Waals surface area contributed by atoms with E-state index in [-0.39, 0.29) is 28.3 Å². The van der Waals surface area contributed by atoms with Gasteiger partial charge in [-0.15, -0.1) is 0 Å². The fraction of sp³-hybridized carbons (Fsp3) is 0.278. The van der Waals surface area contributed by atoms with Crippen LogP contribution in [0.5, 0.6) is 0 Å². The Morgan fingerprint density at radius 1 is 1.35 bits per heavy atom. The number of nitrogens with zero attached hydrogens (tertiary/aromatic N) is 3. The molecule has 1 aromatic carbocycles. The Kier molecular flexibility index (Phi) is 5.79. The highest BCUT2D eigenvalue weighted by Crippen LogP contribution is 2.27. The van der Waals surface area contributed by atoms with Gasteiger partial charge in [-0.2, -0.15) is 4.98 Å². The Hall–Kier alpha value is -2.80. The number of halogens is 2. The van der Waals surface area contributed by atoms with Crippen LogP contribution >= 0.6 is 11.6 Å². The number of amidine groups is 1. The number of hydroxylamine groups is 1. The van der Waals surface area contributed by atoms with E-state index in [0.29, 0.717) is 47.1 Å². The minimum Gasteiger partial charge on any atom is -0.354 e. The molecule has 0 bridgehead atoms. The van der Waals surface area contributed by atoms with Crippen molar-refractivity contribution in [2.24, 2.45) is 0 Å². The second kappa shape index (κ2) is 8.38. The number of sulfonamides is 1. The van der Waals surface area contributed by atoms with Gasteiger partial charge in [0.25, 0.3) is 0 Å². The van der Waals surface area contributed by atoms with Gasteiger partial charge in [-0.05, 0) is 37.1 Å². The van der Waals surface area contributed by atoms with Crippen LogP contribution in [0.2, 0.25) is 5.02 Å². The van der Waals surface area contributed by atoms with Crippen molar-refractivity contribution in [2.75, 3.05) is 23.5 Å². The fourth-order valence-corrected chi connectivity index (χ4v) is 4.48. The first-order valence-electron chi connectivity index (χ1n) is 9.36. The van der Waals surface area contributed by atoms with E-state index in [9.17, 15) is 18.0 Å². The number of nitrogens with one attached hydrogen (secondary N) is 4. The van der Waals surface area contributed by atoms with Crippen molar-refractivity contribution in [1.29, 1.82) is 5.41 Å². The Labute approximate surface area is 182 Å². The normalized spacial score (nSPS) is 14.0. The number of hydrogen-bond donors (Lipinski definition) is 5. The molecule has 2 aromatic heterocycles. The second-order valence-electron chi connectivity index (χ2n) is 6.97. The van der Waals surface area contributed by atoms with Gasteiger partial charge in [-0.1, -0.05) is 11.6 Å². The number of H-pyrrole nitrogens is 1. The maximum absolute atomic E-state index is 13.4. The molecule has 1 fully saturated rings. The van der Waals surface area contributed by atoms with Crippen LogP contribution in [0.4, 0.5) is 16.0 Å². The fourth-order valence-electron chi connectivity index (χ4n) is 2.92. The molecule has 0 radical (unpaired) electrons. The predicted molar refractivity (Wildman–Crippen MR) is 115 cm³/mol. The largest absolute Gasteiger partial charge is 0.354 e. The number of fused-ring (bicyclic) bond motifs is 1. The van der Waals surface area contributed by atoms with Crippen molar-refractivity contribution in [3.8, 4) is 0 Å². The highest BCUT2D eigenvalue weighted by atomic mass is 35.5.